The molecular weight excluding hydrogens is 336 g/mol. The first-order valence-corrected chi connectivity index (χ1v) is 10.3. The van der Waals surface area contributed by atoms with Gasteiger partial charge in [0.1, 0.15) is 0 Å². The molecule has 1 heterocycles. The lowest BCUT2D eigenvalue weighted by Gasteiger charge is -2.32. The number of amides is 2. The molecule has 1 N–H and O–H groups in total. The third-order valence-electron chi connectivity index (χ3n) is 6.21. The van der Waals surface area contributed by atoms with Crippen LogP contribution in [0.2, 0.25) is 0 Å². The predicted molar refractivity (Wildman–Crippen MR) is 108 cm³/mol. The molecule has 2 amide bonds. The normalized spacial score (nSPS) is 18.7. The number of rotatable bonds is 4. The van der Waals surface area contributed by atoms with Crippen LogP contribution < -0.4 is 5.32 Å². The molecule has 1 saturated carbocycles. The van der Waals surface area contributed by atoms with Gasteiger partial charge < -0.3 is 10.2 Å². The van der Waals surface area contributed by atoms with Crippen molar-refractivity contribution in [2.24, 2.45) is 11.8 Å². The molecule has 4 nitrogen and oxygen atoms in total. The zero-order valence-corrected chi connectivity index (χ0v) is 15.8. The highest BCUT2D eigenvalue weighted by atomic mass is 16.2. The molecule has 0 aromatic heterocycles. The van der Waals surface area contributed by atoms with Crippen LogP contribution >= 0.6 is 0 Å². The fraction of sp³-hybridized carbons (Fsp3) is 0.478. The van der Waals surface area contributed by atoms with E-state index in [-0.39, 0.29) is 17.7 Å². The number of carbonyl (C=O) groups excluding carboxylic acids is 2. The van der Waals surface area contributed by atoms with E-state index in [1.165, 1.54) is 25.7 Å². The zero-order valence-electron chi connectivity index (χ0n) is 15.8. The lowest BCUT2D eigenvalue weighted by molar-refractivity contribution is -0.126. The minimum Gasteiger partial charge on any atom is -0.356 e. The van der Waals surface area contributed by atoms with Gasteiger partial charge in [0.2, 0.25) is 5.91 Å². The lowest BCUT2D eigenvalue weighted by atomic mass is 9.94. The first-order valence-electron chi connectivity index (χ1n) is 10.3. The van der Waals surface area contributed by atoms with E-state index in [4.69, 9.17) is 0 Å². The van der Waals surface area contributed by atoms with E-state index < -0.39 is 0 Å². The van der Waals surface area contributed by atoms with Gasteiger partial charge in [-0.3, -0.25) is 9.59 Å². The van der Waals surface area contributed by atoms with Crippen molar-refractivity contribution in [1.82, 2.24) is 10.2 Å². The van der Waals surface area contributed by atoms with Crippen LogP contribution in [0.3, 0.4) is 0 Å². The monoisotopic (exact) mass is 364 g/mol. The Morgan fingerprint density at radius 3 is 2.41 bits per heavy atom. The molecule has 2 aliphatic rings. The van der Waals surface area contributed by atoms with E-state index in [0.717, 1.165) is 35.7 Å². The molecule has 4 rings (SSSR count). The molecular formula is C23H28N2O2. The van der Waals surface area contributed by atoms with Crippen LogP contribution in [0, 0.1) is 11.8 Å². The first-order chi connectivity index (χ1) is 13.2. The summed E-state index contributed by atoms with van der Waals surface area (Å²) in [5.74, 6) is 0.973. The summed E-state index contributed by atoms with van der Waals surface area (Å²) in [7, 11) is 0. The van der Waals surface area contributed by atoms with Gasteiger partial charge in [-0.25, -0.2) is 0 Å². The minimum absolute atomic E-state index is 0.0444. The fourth-order valence-corrected chi connectivity index (χ4v) is 4.53. The second-order valence-corrected chi connectivity index (χ2v) is 7.99. The van der Waals surface area contributed by atoms with Gasteiger partial charge in [0.05, 0.1) is 0 Å². The van der Waals surface area contributed by atoms with E-state index in [2.05, 4.69) is 5.32 Å². The third kappa shape index (κ3) is 4.00. The van der Waals surface area contributed by atoms with Crippen LogP contribution in [0.25, 0.3) is 10.8 Å². The van der Waals surface area contributed by atoms with Gasteiger partial charge in [-0.2, -0.15) is 0 Å². The maximum atomic E-state index is 13.0. The summed E-state index contributed by atoms with van der Waals surface area (Å²) in [4.78, 5) is 27.4. The Bertz CT molecular complexity index is 813. The first kappa shape index (κ1) is 18.0. The van der Waals surface area contributed by atoms with Crippen molar-refractivity contribution >= 4 is 22.6 Å². The van der Waals surface area contributed by atoms with Gasteiger partial charge >= 0.3 is 0 Å². The number of likely N-dealkylation sites (tertiary alicyclic amines) is 1. The van der Waals surface area contributed by atoms with Crippen LogP contribution in [0.1, 0.15) is 48.9 Å². The largest absolute Gasteiger partial charge is 0.356 e. The maximum absolute atomic E-state index is 13.0. The number of fused-ring (bicyclic) bond motifs is 1. The summed E-state index contributed by atoms with van der Waals surface area (Å²) < 4.78 is 0. The van der Waals surface area contributed by atoms with E-state index in [1.807, 2.05) is 47.4 Å². The minimum atomic E-state index is 0.0444. The summed E-state index contributed by atoms with van der Waals surface area (Å²) in [5.41, 5.74) is 0.761. The number of carbonyl (C=O) groups is 2. The number of hydrogen-bond donors (Lipinski definition) is 1. The van der Waals surface area contributed by atoms with Crippen molar-refractivity contribution in [2.45, 2.75) is 38.5 Å². The summed E-state index contributed by atoms with van der Waals surface area (Å²) in [6.07, 6.45) is 6.61. The number of nitrogens with zero attached hydrogens (tertiary/aromatic N) is 1. The second-order valence-electron chi connectivity index (χ2n) is 7.99. The Balaban J connectivity index is 1.34. The average molecular weight is 364 g/mol. The van der Waals surface area contributed by atoms with Crippen molar-refractivity contribution < 1.29 is 9.59 Å². The van der Waals surface area contributed by atoms with Crippen LogP contribution in [0.5, 0.6) is 0 Å². The van der Waals surface area contributed by atoms with Gasteiger partial charge in [-0.1, -0.05) is 49.2 Å². The Morgan fingerprint density at radius 2 is 1.63 bits per heavy atom. The lowest BCUT2D eigenvalue weighted by Crippen LogP contribution is -2.43. The topological polar surface area (TPSA) is 49.4 Å². The van der Waals surface area contributed by atoms with E-state index in [1.54, 1.807) is 0 Å². The molecule has 2 aromatic rings. The van der Waals surface area contributed by atoms with Gasteiger partial charge in [0.25, 0.3) is 5.91 Å². The molecule has 4 heteroatoms. The highest BCUT2D eigenvalue weighted by Gasteiger charge is 2.28. The molecule has 0 spiro atoms. The van der Waals surface area contributed by atoms with Crippen LogP contribution in [-0.2, 0) is 4.79 Å². The van der Waals surface area contributed by atoms with E-state index in [0.29, 0.717) is 19.0 Å². The smallest absolute Gasteiger partial charge is 0.254 e. The Morgan fingerprint density at radius 1 is 0.926 bits per heavy atom. The Labute approximate surface area is 160 Å². The molecule has 1 aliphatic heterocycles. The number of hydrogen-bond acceptors (Lipinski definition) is 2. The van der Waals surface area contributed by atoms with Crippen molar-refractivity contribution in [1.29, 1.82) is 0 Å². The molecule has 1 aliphatic carbocycles. The van der Waals surface area contributed by atoms with Crippen molar-refractivity contribution in [3.05, 3.63) is 48.0 Å². The van der Waals surface area contributed by atoms with Crippen molar-refractivity contribution in [3.63, 3.8) is 0 Å². The standard InChI is InChI=1S/C23H28N2O2/c26-22(24-16-17-6-1-2-7-17)19-12-14-25(15-13-19)23(27)21-11-5-9-18-8-3-4-10-20(18)21/h3-5,8-11,17,19H,1-2,6-7,12-16H2,(H,24,26). The fourth-order valence-electron chi connectivity index (χ4n) is 4.53. The van der Waals surface area contributed by atoms with Gasteiger partial charge in [-0.15, -0.1) is 0 Å². The van der Waals surface area contributed by atoms with Crippen LogP contribution in [0.4, 0.5) is 0 Å². The van der Waals surface area contributed by atoms with Crippen molar-refractivity contribution in [3.8, 4) is 0 Å². The summed E-state index contributed by atoms with van der Waals surface area (Å²) in [6.45, 7) is 2.14. The Kier molecular flexibility index (Phi) is 5.42. The number of benzene rings is 2. The molecule has 0 atom stereocenters. The maximum Gasteiger partial charge on any atom is 0.254 e. The van der Waals surface area contributed by atoms with Crippen molar-refractivity contribution in [2.75, 3.05) is 19.6 Å². The highest BCUT2D eigenvalue weighted by Crippen LogP contribution is 2.25. The molecule has 1 saturated heterocycles. The highest BCUT2D eigenvalue weighted by molar-refractivity contribution is 6.07. The number of nitrogens with one attached hydrogen (secondary N) is 1. The number of piperidine rings is 1. The third-order valence-corrected chi connectivity index (χ3v) is 6.21. The van der Waals surface area contributed by atoms with Gasteiger partial charge in [-0.05, 0) is 48.4 Å². The molecule has 2 fully saturated rings. The predicted octanol–water partition coefficient (Wildman–Crippen LogP) is 4.00. The van der Waals surface area contributed by atoms with Crippen LogP contribution in [-0.4, -0.2) is 36.3 Å². The molecule has 2 aromatic carbocycles. The quantitative estimate of drug-likeness (QED) is 0.891. The van der Waals surface area contributed by atoms with E-state index >= 15 is 0 Å². The molecule has 142 valence electrons. The molecule has 0 bridgehead atoms. The molecule has 0 radical (unpaired) electrons. The van der Waals surface area contributed by atoms with Gasteiger partial charge in [0, 0.05) is 31.1 Å². The van der Waals surface area contributed by atoms with Gasteiger partial charge in [0.15, 0.2) is 0 Å². The second kappa shape index (κ2) is 8.12. The average Bonchev–Trinajstić information content (AvgIpc) is 3.25. The Hall–Kier alpha value is -2.36. The summed E-state index contributed by atoms with van der Waals surface area (Å²) >= 11 is 0. The van der Waals surface area contributed by atoms with Crippen LogP contribution in [0.15, 0.2) is 42.5 Å². The zero-order chi connectivity index (χ0) is 18.6. The summed E-state index contributed by atoms with van der Waals surface area (Å²) in [5, 5.41) is 5.24. The molecule has 27 heavy (non-hydrogen) atoms. The molecule has 0 unspecified atom stereocenters. The van der Waals surface area contributed by atoms with E-state index in [9.17, 15) is 9.59 Å². The SMILES string of the molecule is O=C(NCC1CCCC1)C1CCN(C(=O)c2cccc3ccccc23)CC1. The summed E-state index contributed by atoms with van der Waals surface area (Å²) in [6, 6.07) is 13.9.